The number of rotatable bonds is 6. The zero-order valence-electron chi connectivity index (χ0n) is 14.5. The van der Waals surface area contributed by atoms with Crippen LogP contribution in [0.3, 0.4) is 0 Å². The lowest BCUT2D eigenvalue weighted by molar-refractivity contribution is -0.122. The number of carbonyl (C=O) groups excluding carboxylic acids is 1. The van der Waals surface area contributed by atoms with Crippen LogP contribution in [0.1, 0.15) is 25.7 Å². The maximum Gasteiger partial charge on any atom is 0.243 e. The third-order valence-electron chi connectivity index (χ3n) is 5.43. The number of nitrogens with zero attached hydrogens (tertiary/aromatic N) is 1. The van der Waals surface area contributed by atoms with Crippen LogP contribution in [-0.2, 0) is 19.6 Å². The van der Waals surface area contributed by atoms with Gasteiger partial charge in [-0.25, -0.2) is 12.8 Å². The number of hydrogen-bond acceptors (Lipinski definition) is 4. The Balaban J connectivity index is 1.29. The van der Waals surface area contributed by atoms with Crippen molar-refractivity contribution < 1.29 is 22.3 Å². The second-order valence-electron chi connectivity index (χ2n) is 7.74. The van der Waals surface area contributed by atoms with Gasteiger partial charge in [-0.1, -0.05) is 0 Å². The van der Waals surface area contributed by atoms with E-state index in [4.69, 9.17) is 4.74 Å². The molecule has 1 saturated carbocycles. The van der Waals surface area contributed by atoms with E-state index in [1.54, 1.807) is 0 Å². The van der Waals surface area contributed by atoms with Crippen molar-refractivity contribution in [3.63, 3.8) is 0 Å². The fourth-order valence-electron chi connectivity index (χ4n) is 3.73. The predicted molar refractivity (Wildman–Crippen MR) is 92.3 cm³/mol. The Kier molecular flexibility index (Phi) is 4.53. The zero-order chi connectivity index (χ0) is 18.4. The van der Waals surface area contributed by atoms with Gasteiger partial charge in [0.2, 0.25) is 15.9 Å². The Morgan fingerprint density at radius 1 is 1.23 bits per heavy atom. The van der Waals surface area contributed by atoms with Gasteiger partial charge < -0.3 is 10.1 Å². The molecular formula is C18H23FN2O4S. The molecule has 1 amide bonds. The molecule has 1 N–H and O–H groups in total. The molecule has 6 nitrogen and oxygen atoms in total. The van der Waals surface area contributed by atoms with Gasteiger partial charge in [0.15, 0.2) is 0 Å². The number of carbonyl (C=O) groups is 1. The van der Waals surface area contributed by atoms with Crippen molar-refractivity contribution in [3.05, 3.63) is 30.1 Å². The summed E-state index contributed by atoms with van der Waals surface area (Å²) in [6, 6.07) is 4.84. The van der Waals surface area contributed by atoms with Gasteiger partial charge in [-0.3, -0.25) is 4.79 Å². The minimum Gasteiger partial charge on any atom is -0.372 e. The summed E-state index contributed by atoms with van der Waals surface area (Å²) in [6.45, 7) is 1.82. The molecule has 1 atom stereocenters. The summed E-state index contributed by atoms with van der Waals surface area (Å²) in [5.41, 5.74) is -0.478. The smallest absolute Gasteiger partial charge is 0.243 e. The van der Waals surface area contributed by atoms with E-state index in [0.717, 1.165) is 18.7 Å². The van der Waals surface area contributed by atoms with Gasteiger partial charge in [0.05, 0.1) is 17.1 Å². The molecule has 1 aromatic rings. The van der Waals surface area contributed by atoms with Gasteiger partial charge in [0.1, 0.15) is 5.82 Å². The van der Waals surface area contributed by atoms with Gasteiger partial charge >= 0.3 is 0 Å². The first-order chi connectivity index (χ1) is 12.4. The lowest BCUT2D eigenvalue weighted by Crippen LogP contribution is -2.63. The molecule has 0 aromatic heterocycles. The van der Waals surface area contributed by atoms with E-state index >= 15 is 0 Å². The monoisotopic (exact) mass is 382 g/mol. The molecule has 0 radical (unpaired) electrons. The molecule has 4 rings (SSSR count). The first-order valence-corrected chi connectivity index (χ1v) is 10.5. The van der Waals surface area contributed by atoms with Crippen molar-refractivity contribution in [3.8, 4) is 0 Å². The summed E-state index contributed by atoms with van der Waals surface area (Å²) in [5.74, 6) is 0.371. The number of amides is 1. The molecule has 1 spiro atoms. The second kappa shape index (κ2) is 6.58. The van der Waals surface area contributed by atoms with Crippen LogP contribution in [0.25, 0.3) is 0 Å². The van der Waals surface area contributed by atoms with Gasteiger partial charge in [-0.05, 0) is 55.4 Å². The van der Waals surface area contributed by atoms with Crippen molar-refractivity contribution >= 4 is 15.9 Å². The standard InChI is InChI=1S/C18H23FN2O4S/c19-15-3-5-16(6-4-15)26(23,24)21-11-18(12-21)8-14(10-25-18)7-17(22)20-9-13-1-2-13/h3-6,13-14H,1-2,7-12H2,(H,20,22). The van der Waals surface area contributed by atoms with Crippen LogP contribution in [0.2, 0.25) is 0 Å². The summed E-state index contributed by atoms with van der Waals surface area (Å²) < 4.78 is 45.3. The number of halogens is 1. The van der Waals surface area contributed by atoms with Crippen LogP contribution < -0.4 is 5.32 Å². The van der Waals surface area contributed by atoms with Crippen molar-refractivity contribution in [1.29, 1.82) is 0 Å². The summed E-state index contributed by atoms with van der Waals surface area (Å²) in [5, 5.41) is 2.96. The van der Waals surface area contributed by atoms with E-state index < -0.39 is 21.4 Å². The average Bonchev–Trinajstić information content (AvgIpc) is 3.30. The topological polar surface area (TPSA) is 75.7 Å². The largest absolute Gasteiger partial charge is 0.372 e. The van der Waals surface area contributed by atoms with Crippen LogP contribution in [0.5, 0.6) is 0 Å². The first-order valence-electron chi connectivity index (χ1n) is 9.03. The summed E-state index contributed by atoms with van der Waals surface area (Å²) in [4.78, 5) is 12.1. The molecule has 26 heavy (non-hydrogen) atoms. The molecule has 1 unspecified atom stereocenters. The SMILES string of the molecule is O=C(CC1COC2(C1)CN(S(=O)(=O)c1ccc(F)cc1)C2)NCC1CC1. The van der Waals surface area contributed by atoms with E-state index in [0.29, 0.717) is 25.4 Å². The molecule has 8 heteroatoms. The Bertz CT molecular complexity index is 786. The molecule has 3 aliphatic rings. The molecule has 1 aliphatic carbocycles. The van der Waals surface area contributed by atoms with Gasteiger partial charge in [0, 0.05) is 26.1 Å². The number of nitrogens with one attached hydrogen (secondary N) is 1. The fraction of sp³-hybridized carbons (Fsp3) is 0.611. The molecule has 2 aliphatic heterocycles. The Morgan fingerprint density at radius 3 is 2.58 bits per heavy atom. The lowest BCUT2D eigenvalue weighted by Gasteiger charge is -2.46. The van der Waals surface area contributed by atoms with Crippen molar-refractivity contribution in [2.75, 3.05) is 26.2 Å². The number of benzene rings is 1. The Labute approximate surface area is 152 Å². The number of hydrogen-bond donors (Lipinski definition) is 1. The van der Waals surface area contributed by atoms with Crippen LogP contribution in [-0.4, -0.2) is 50.5 Å². The van der Waals surface area contributed by atoms with Crippen molar-refractivity contribution in [2.24, 2.45) is 11.8 Å². The van der Waals surface area contributed by atoms with Gasteiger partial charge in [-0.2, -0.15) is 4.31 Å². The molecule has 3 fully saturated rings. The van der Waals surface area contributed by atoms with Crippen LogP contribution in [0.4, 0.5) is 4.39 Å². The van der Waals surface area contributed by atoms with Gasteiger partial charge in [0.25, 0.3) is 0 Å². The molecule has 2 heterocycles. The van der Waals surface area contributed by atoms with Crippen molar-refractivity contribution in [1.82, 2.24) is 9.62 Å². The third kappa shape index (κ3) is 3.63. The molecule has 2 saturated heterocycles. The summed E-state index contributed by atoms with van der Waals surface area (Å²) in [7, 11) is -3.63. The first kappa shape index (κ1) is 17.9. The second-order valence-corrected chi connectivity index (χ2v) is 9.68. The van der Waals surface area contributed by atoms with Gasteiger partial charge in [-0.15, -0.1) is 0 Å². The lowest BCUT2D eigenvalue weighted by atomic mass is 9.87. The van der Waals surface area contributed by atoms with Crippen LogP contribution >= 0.6 is 0 Å². The maximum absolute atomic E-state index is 13.0. The highest BCUT2D eigenvalue weighted by Crippen LogP contribution is 2.41. The predicted octanol–water partition coefficient (Wildman–Crippen LogP) is 1.52. The Morgan fingerprint density at radius 2 is 1.92 bits per heavy atom. The average molecular weight is 382 g/mol. The highest BCUT2D eigenvalue weighted by Gasteiger charge is 2.53. The van der Waals surface area contributed by atoms with E-state index in [1.165, 1.54) is 29.3 Å². The fourth-order valence-corrected chi connectivity index (χ4v) is 5.32. The van der Waals surface area contributed by atoms with E-state index in [-0.39, 0.29) is 29.8 Å². The van der Waals surface area contributed by atoms with E-state index in [2.05, 4.69) is 5.32 Å². The quantitative estimate of drug-likeness (QED) is 0.810. The van der Waals surface area contributed by atoms with E-state index in [9.17, 15) is 17.6 Å². The number of sulfonamides is 1. The van der Waals surface area contributed by atoms with Crippen LogP contribution in [0.15, 0.2) is 29.2 Å². The molecule has 1 aromatic carbocycles. The minimum absolute atomic E-state index is 0.0534. The van der Waals surface area contributed by atoms with E-state index in [1.807, 2.05) is 0 Å². The summed E-state index contributed by atoms with van der Waals surface area (Å²) in [6.07, 6.45) is 3.53. The maximum atomic E-state index is 13.0. The highest BCUT2D eigenvalue weighted by molar-refractivity contribution is 7.89. The third-order valence-corrected chi connectivity index (χ3v) is 7.23. The zero-order valence-corrected chi connectivity index (χ0v) is 15.3. The molecule has 0 bridgehead atoms. The summed E-state index contributed by atoms with van der Waals surface area (Å²) >= 11 is 0. The Hall–Kier alpha value is -1.51. The minimum atomic E-state index is -3.63. The normalized spacial score (nSPS) is 25.2. The van der Waals surface area contributed by atoms with Crippen molar-refractivity contribution in [2.45, 2.75) is 36.2 Å². The molecular weight excluding hydrogens is 359 g/mol. The van der Waals surface area contributed by atoms with Crippen LogP contribution in [0, 0.1) is 17.7 Å². The molecule has 142 valence electrons. The number of ether oxygens (including phenoxy) is 1. The highest BCUT2D eigenvalue weighted by atomic mass is 32.2.